The zero-order valence-electron chi connectivity index (χ0n) is 5.88. The molecule has 0 aromatic heterocycles. The molecule has 0 aliphatic carbocycles. The van der Waals surface area contributed by atoms with Gasteiger partial charge in [-0.25, -0.2) is 8.42 Å². The molecular formula is C4H12O3SSi. The summed E-state index contributed by atoms with van der Waals surface area (Å²) < 4.78 is 24.2. The van der Waals surface area contributed by atoms with E-state index in [1.807, 2.05) is 19.6 Å². The molecule has 0 N–H and O–H groups in total. The Kier molecular flexibility index (Phi) is 3.38. The lowest BCUT2D eigenvalue weighted by Crippen LogP contribution is -2.27. The molecule has 0 amide bonds. The van der Waals surface area contributed by atoms with Crippen molar-refractivity contribution >= 4 is 19.1 Å². The summed E-state index contributed by atoms with van der Waals surface area (Å²) in [7, 11) is -3.96. The summed E-state index contributed by atoms with van der Waals surface area (Å²) in [6, 6.07) is 0. The summed E-state index contributed by atoms with van der Waals surface area (Å²) in [6.07, 6.45) is 0.395. The van der Waals surface area contributed by atoms with Crippen LogP contribution in [-0.4, -0.2) is 22.7 Å². The number of hydrogen-bond acceptors (Lipinski definition) is 3. The summed E-state index contributed by atoms with van der Waals surface area (Å²) in [5.74, 6) is 0. The Morgan fingerprint density at radius 2 is 1.78 bits per heavy atom. The van der Waals surface area contributed by atoms with Gasteiger partial charge in [-0.3, -0.25) is 4.18 Å². The van der Waals surface area contributed by atoms with Crippen molar-refractivity contribution in [3.8, 4) is 0 Å². The third kappa shape index (κ3) is 8.13. The molecule has 0 spiro atoms. The Hall–Kier alpha value is 0.127. The monoisotopic (exact) mass is 168 g/mol. The van der Waals surface area contributed by atoms with Crippen LogP contribution >= 0.6 is 0 Å². The van der Waals surface area contributed by atoms with Gasteiger partial charge >= 0.3 is 0 Å². The van der Waals surface area contributed by atoms with E-state index in [2.05, 4.69) is 4.18 Å². The third-order valence-corrected chi connectivity index (χ3v) is 2.20. The molecule has 0 bridgehead atoms. The highest BCUT2D eigenvalue weighted by Crippen LogP contribution is 1.99. The standard InChI is InChI=1S/C4H12O3SSi/c1-9(2,3)4-7-8(5)6/h8H,4H2,1-3H3. The molecule has 0 unspecified atom stereocenters. The van der Waals surface area contributed by atoms with E-state index in [4.69, 9.17) is 0 Å². The average Bonchev–Trinajstić information content (AvgIpc) is 1.59. The smallest absolute Gasteiger partial charge is 0.256 e. The van der Waals surface area contributed by atoms with Gasteiger partial charge < -0.3 is 0 Å². The largest absolute Gasteiger partial charge is 0.276 e. The van der Waals surface area contributed by atoms with Gasteiger partial charge in [0.05, 0.1) is 14.3 Å². The van der Waals surface area contributed by atoms with Crippen LogP contribution in [0.3, 0.4) is 0 Å². The van der Waals surface area contributed by atoms with Crippen molar-refractivity contribution in [3.05, 3.63) is 0 Å². The maximum Gasteiger partial charge on any atom is 0.256 e. The van der Waals surface area contributed by atoms with Gasteiger partial charge in [0.15, 0.2) is 0 Å². The normalized spacial score (nSPS) is 12.4. The first-order chi connectivity index (χ1) is 3.92. The fraction of sp³-hybridized carbons (Fsp3) is 1.00. The maximum atomic E-state index is 9.88. The van der Waals surface area contributed by atoms with Gasteiger partial charge in [0.2, 0.25) is 0 Å². The molecule has 0 radical (unpaired) electrons. The van der Waals surface area contributed by atoms with Crippen LogP contribution in [0.1, 0.15) is 0 Å². The van der Waals surface area contributed by atoms with Crippen molar-refractivity contribution < 1.29 is 12.6 Å². The fourth-order valence-corrected chi connectivity index (χ4v) is 2.22. The Morgan fingerprint density at radius 1 is 1.33 bits per heavy atom. The number of rotatable bonds is 3. The van der Waals surface area contributed by atoms with Crippen molar-refractivity contribution in [2.75, 3.05) is 6.23 Å². The second-order valence-electron chi connectivity index (χ2n) is 3.06. The highest BCUT2D eigenvalue weighted by atomic mass is 32.2. The van der Waals surface area contributed by atoms with E-state index in [0.717, 1.165) is 0 Å². The molecule has 0 aliphatic rings. The number of thiol groups is 1. The SMILES string of the molecule is C[Si](C)(C)CO[SH](=O)=O. The van der Waals surface area contributed by atoms with Crippen LogP contribution < -0.4 is 0 Å². The summed E-state index contributed by atoms with van der Waals surface area (Å²) in [5.41, 5.74) is 0. The molecule has 0 aromatic rings. The molecule has 0 saturated carbocycles. The van der Waals surface area contributed by atoms with E-state index in [1.54, 1.807) is 0 Å². The first kappa shape index (κ1) is 9.13. The Bertz CT molecular complexity index is 138. The zero-order valence-corrected chi connectivity index (χ0v) is 7.77. The van der Waals surface area contributed by atoms with Gasteiger partial charge in [-0.05, 0) is 0 Å². The van der Waals surface area contributed by atoms with Crippen molar-refractivity contribution in [1.82, 2.24) is 0 Å². The van der Waals surface area contributed by atoms with Crippen LogP contribution in [0.4, 0.5) is 0 Å². The summed E-state index contributed by atoms with van der Waals surface area (Å²) >= 11 is 0. The summed E-state index contributed by atoms with van der Waals surface area (Å²) in [6.45, 7) is 6.14. The summed E-state index contributed by atoms with van der Waals surface area (Å²) in [5, 5.41) is 0. The van der Waals surface area contributed by atoms with E-state index in [9.17, 15) is 8.42 Å². The zero-order chi connectivity index (χ0) is 7.49. The van der Waals surface area contributed by atoms with E-state index in [-0.39, 0.29) is 0 Å². The Balaban J connectivity index is 3.52. The van der Waals surface area contributed by atoms with Gasteiger partial charge in [-0.1, -0.05) is 19.6 Å². The lowest BCUT2D eigenvalue weighted by molar-refractivity contribution is 0.388. The van der Waals surface area contributed by atoms with Crippen molar-refractivity contribution in [2.45, 2.75) is 19.6 Å². The molecule has 0 aromatic carbocycles. The van der Waals surface area contributed by atoms with E-state index < -0.39 is 19.1 Å². The molecule has 9 heavy (non-hydrogen) atoms. The molecule has 0 aliphatic heterocycles. The lowest BCUT2D eigenvalue weighted by atomic mass is 11.7. The van der Waals surface area contributed by atoms with Crippen LogP contribution in [0.25, 0.3) is 0 Å². The van der Waals surface area contributed by atoms with E-state index in [0.29, 0.717) is 6.23 Å². The highest BCUT2D eigenvalue weighted by Gasteiger charge is 2.13. The Labute approximate surface area is 58.2 Å². The molecule has 3 nitrogen and oxygen atoms in total. The van der Waals surface area contributed by atoms with Crippen LogP contribution in [-0.2, 0) is 15.2 Å². The second-order valence-corrected chi connectivity index (χ2v) is 9.17. The van der Waals surface area contributed by atoms with Crippen LogP contribution in [0.15, 0.2) is 0 Å². The molecule has 0 rings (SSSR count). The first-order valence-corrected chi connectivity index (χ1v) is 7.49. The van der Waals surface area contributed by atoms with Crippen LogP contribution in [0, 0.1) is 0 Å². The molecular weight excluding hydrogens is 156 g/mol. The van der Waals surface area contributed by atoms with Gasteiger partial charge in [-0.2, -0.15) is 0 Å². The van der Waals surface area contributed by atoms with Crippen LogP contribution in [0.5, 0.6) is 0 Å². The second kappa shape index (κ2) is 3.33. The minimum Gasteiger partial charge on any atom is -0.276 e. The molecule has 0 fully saturated rings. The number of hydrogen-bond donors (Lipinski definition) is 1. The molecule has 0 saturated heterocycles. The van der Waals surface area contributed by atoms with Gasteiger partial charge in [-0.15, -0.1) is 0 Å². The van der Waals surface area contributed by atoms with Gasteiger partial charge in [0, 0.05) is 0 Å². The highest BCUT2D eigenvalue weighted by molar-refractivity contribution is 7.67. The first-order valence-electron chi connectivity index (χ1n) is 2.69. The quantitative estimate of drug-likeness (QED) is 0.490. The minimum absolute atomic E-state index is 0.395. The average molecular weight is 168 g/mol. The molecule has 0 atom stereocenters. The summed E-state index contributed by atoms with van der Waals surface area (Å²) in [4.78, 5) is 0. The van der Waals surface area contributed by atoms with Gasteiger partial charge in [0.25, 0.3) is 11.0 Å². The van der Waals surface area contributed by atoms with E-state index in [1.165, 1.54) is 0 Å². The van der Waals surface area contributed by atoms with Crippen LogP contribution in [0.2, 0.25) is 19.6 Å². The fourth-order valence-electron chi connectivity index (χ4n) is 0.246. The topological polar surface area (TPSA) is 43.4 Å². The molecule has 0 heterocycles. The molecule has 5 heteroatoms. The maximum absolute atomic E-state index is 9.88. The van der Waals surface area contributed by atoms with Crippen molar-refractivity contribution in [1.29, 1.82) is 0 Å². The minimum atomic E-state index is -2.63. The lowest BCUT2D eigenvalue weighted by Gasteiger charge is -2.11. The van der Waals surface area contributed by atoms with Crippen molar-refractivity contribution in [3.63, 3.8) is 0 Å². The van der Waals surface area contributed by atoms with Gasteiger partial charge in [0.1, 0.15) is 0 Å². The predicted octanol–water partition coefficient (Wildman–Crippen LogP) is 0.407. The Morgan fingerprint density at radius 3 is 1.89 bits per heavy atom. The van der Waals surface area contributed by atoms with Crippen molar-refractivity contribution in [2.24, 2.45) is 0 Å². The predicted molar refractivity (Wildman–Crippen MR) is 39.6 cm³/mol. The molecule has 56 valence electrons. The third-order valence-electron chi connectivity index (χ3n) is 0.603. The van der Waals surface area contributed by atoms with E-state index >= 15 is 0 Å².